The summed E-state index contributed by atoms with van der Waals surface area (Å²) in [5, 5.41) is 6.93. The van der Waals surface area contributed by atoms with E-state index >= 15 is 0 Å². The van der Waals surface area contributed by atoms with Gasteiger partial charge in [-0.2, -0.15) is 0 Å². The third-order valence-corrected chi connectivity index (χ3v) is 6.57. The lowest BCUT2D eigenvalue weighted by atomic mass is 9.83. The summed E-state index contributed by atoms with van der Waals surface area (Å²) >= 11 is 0. The summed E-state index contributed by atoms with van der Waals surface area (Å²) in [6.45, 7) is 5.78. The fraction of sp³-hybridized carbons (Fsp3) is 0.652. The summed E-state index contributed by atoms with van der Waals surface area (Å²) in [4.78, 5) is 18.9. The Kier molecular flexibility index (Phi) is 7.35. The number of rotatable bonds is 6. The molecule has 0 atom stereocenters. The molecule has 1 amide bonds. The van der Waals surface area contributed by atoms with Crippen molar-refractivity contribution in [1.29, 1.82) is 0 Å². The van der Waals surface area contributed by atoms with E-state index in [1.807, 2.05) is 36.2 Å². The number of benzene rings is 1. The van der Waals surface area contributed by atoms with E-state index in [9.17, 15) is 4.79 Å². The molecule has 2 fully saturated rings. The number of guanidine groups is 1. The van der Waals surface area contributed by atoms with Crippen LogP contribution in [0.3, 0.4) is 0 Å². The highest BCUT2D eigenvalue weighted by Gasteiger charge is 2.31. The van der Waals surface area contributed by atoms with Crippen LogP contribution in [0.4, 0.5) is 0 Å². The molecule has 0 unspecified atom stereocenters. The van der Waals surface area contributed by atoms with Crippen LogP contribution < -0.4 is 10.6 Å². The maximum absolute atomic E-state index is 12.6. The number of piperidine rings is 1. The molecule has 1 aliphatic carbocycles. The quantitative estimate of drug-likeness (QED) is 0.577. The minimum atomic E-state index is 0.165. The molecule has 0 radical (unpaired) electrons. The summed E-state index contributed by atoms with van der Waals surface area (Å²) in [6, 6.07) is 7.99. The molecule has 28 heavy (non-hydrogen) atoms. The Morgan fingerprint density at radius 3 is 2.32 bits per heavy atom. The maximum atomic E-state index is 12.6. The summed E-state index contributed by atoms with van der Waals surface area (Å²) < 4.78 is 0. The molecule has 2 N–H and O–H groups in total. The zero-order chi connectivity index (χ0) is 19.8. The Balaban J connectivity index is 1.48. The molecule has 5 heteroatoms. The maximum Gasteiger partial charge on any atom is 0.253 e. The van der Waals surface area contributed by atoms with Crippen molar-refractivity contribution in [2.45, 2.75) is 64.8 Å². The van der Waals surface area contributed by atoms with E-state index in [4.69, 9.17) is 0 Å². The molecule has 0 bridgehead atoms. The number of aliphatic imine (C=N–C) groups is 1. The third kappa shape index (κ3) is 5.27. The van der Waals surface area contributed by atoms with Gasteiger partial charge in [-0.05, 0) is 61.6 Å². The van der Waals surface area contributed by atoms with Crippen LogP contribution in [-0.2, 0) is 6.54 Å². The first kappa shape index (κ1) is 20.7. The van der Waals surface area contributed by atoms with Crippen molar-refractivity contribution >= 4 is 11.9 Å². The number of carbonyl (C=O) groups is 1. The fourth-order valence-corrected chi connectivity index (χ4v) is 4.50. The molecule has 1 aromatic rings. The molecule has 2 aliphatic rings. The Labute approximate surface area is 170 Å². The van der Waals surface area contributed by atoms with E-state index < -0.39 is 0 Å². The zero-order valence-electron chi connectivity index (χ0n) is 17.6. The molecule has 5 nitrogen and oxygen atoms in total. The van der Waals surface area contributed by atoms with Crippen LogP contribution in [0, 0.1) is 5.41 Å². The number of hydrogen-bond donors (Lipinski definition) is 2. The van der Waals surface area contributed by atoms with E-state index in [0.29, 0.717) is 12.0 Å². The minimum absolute atomic E-state index is 0.165. The van der Waals surface area contributed by atoms with E-state index in [2.05, 4.69) is 22.5 Å². The Morgan fingerprint density at radius 2 is 1.71 bits per heavy atom. The second-order valence-corrected chi connectivity index (χ2v) is 8.39. The van der Waals surface area contributed by atoms with Crippen molar-refractivity contribution in [2.24, 2.45) is 10.4 Å². The predicted octanol–water partition coefficient (Wildman–Crippen LogP) is 3.95. The lowest BCUT2D eigenvalue weighted by molar-refractivity contribution is 0.0724. The number of amides is 1. The molecular weight excluding hydrogens is 348 g/mol. The number of nitrogens with zero attached hydrogens (tertiary/aromatic N) is 2. The highest BCUT2D eigenvalue weighted by molar-refractivity contribution is 5.94. The lowest BCUT2D eigenvalue weighted by Gasteiger charge is -2.28. The molecular formula is C23H36N4O. The van der Waals surface area contributed by atoms with Gasteiger partial charge in [-0.3, -0.25) is 9.79 Å². The topological polar surface area (TPSA) is 56.7 Å². The van der Waals surface area contributed by atoms with Gasteiger partial charge in [-0.25, -0.2) is 0 Å². The highest BCUT2D eigenvalue weighted by Crippen LogP contribution is 2.40. The van der Waals surface area contributed by atoms with Crippen LogP contribution in [0.2, 0.25) is 0 Å². The number of carbonyl (C=O) groups excluding carboxylic acids is 1. The van der Waals surface area contributed by atoms with E-state index in [1.165, 1.54) is 38.5 Å². The first-order valence-corrected chi connectivity index (χ1v) is 11.0. The van der Waals surface area contributed by atoms with Gasteiger partial charge in [0.25, 0.3) is 5.91 Å². The smallest absolute Gasteiger partial charge is 0.253 e. The largest absolute Gasteiger partial charge is 0.356 e. The SMILES string of the molecule is CCC1(CNC(=NC)NCc2ccc(C(=O)N3CCCCC3)cc2)CCCC1. The predicted molar refractivity (Wildman–Crippen MR) is 116 cm³/mol. The average molecular weight is 385 g/mol. The monoisotopic (exact) mass is 384 g/mol. The molecule has 0 aromatic heterocycles. The first-order valence-electron chi connectivity index (χ1n) is 11.0. The fourth-order valence-electron chi connectivity index (χ4n) is 4.50. The van der Waals surface area contributed by atoms with E-state index in [1.54, 1.807) is 0 Å². The van der Waals surface area contributed by atoms with Crippen LogP contribution in [0.5, 0.6) is 0 Å². The van der Waals surface area contributed by atoms with Crippen molar-refractivity contribution < 1.29 is 4.79 Å². The number of hydrogen-bond acceptors (Lipinski definition) is 2. The summed E-state index contributed by atoms with van der Waals surface area (Å²) in [5.74, 6) is 1.02. The minimum Gasteiger partial charge on any atom is -0.356 e. The van der Waals surface area contributed by atoms with Gasteiger partial charge in [0.1, 0.15) is 0 Å². The zero-order valence-corrected chi connectivity index (χ0v) is 17.6. The summed E-state index contributed by atoms with van der Waals surface area (Å²) in [7, 11) is 1.82. The molecule has 0 spiro atoms. The second kappa shape index (κ2) is 9.94. The Morgan fingerprint density at radius 1 is 1.04 bits per heavy atom. The molecule has 1 aromatic carbocycles. The van der Waals surface area contributed by atoms with Crippen molar-refractivity contribution in [3.63, 3.8) is 0 Å². The normalized spacial score (nSPS) is 19.5. The summed E-state index contributed by atoms with van der Waals surface area (Å²) in [5.41, 5.74) is 2.39. The second-order valence-electron chi connectivity index (χ2n) is 8.39. The van der Waals surface area contributed by atoms with Crippen LogP contribution in [0.1, 0.15) is 74.2 Å². The molecule has 3 rings (SSSR count). The van der Waals surface area contributed by atoms with E-state index in [0.717, 1.165) is 49.6 Å². The molecule has 1 aliphatic heterocycles. The van der Waals surface area contributed by atoms with Gasteiger partial charge in [0.05, 0.1) is 0 Å². The van der Waals surface area contributed by atoms with Crippen LogP contribution in [0.25, 0.3) is 0 Å². The van der Waals surface area contributed by atoms with Crippen molar-refractivity contribution in [1.82, 2.24) is 15.5 Å². The number of nitrogens with one attached hydrogen (secondary N) is 2. The van der Waals surface area contributed by atoms with Crippen LogP contribution in [0.15, 0.2) is 29.3 Å². The van der Waals surface area contributed by atoms with Crippen molar-refractivity contribution in [2.75, 3.05) is 26.7 Å². The van der Waals surface area contributed by atoms with Gasteiger partial charge in [-0.15, -0.1) is 0 Å². The van der Waals surface area contributed by atoms with Gasteiger partial charge >= 0.3 is 0 Å². The van der Waals surface area contributed by atoms with Gasteiger partial charge in [0, 0.05) is 38.8 Å². The van der Waals surface area contributed by atoms with Gasteiger partial charge in [0.15, 0.2) is 5.96 Å². The average Bonchev–Trinajstić information content (AvgIpc) is 3.24. The molecule has 154 valence electrons. The van der Waals surface area contributed by atoms with Gasteiger partial charge < -0.3 is 15.5 Å². The molecule has 1 saturated carbocycles. The standard InChI is InChI=1S/C23H36N4O/c1-3-23(13-5-6-14-23)18-26-22(24-2)25-17-19-9-11-20(12-10-19)21(28)27-15-7-4-8-16-27/h9-12H,3-8,13-18H2,1-2H3,(H2,24,25,26). The van der Waals surface area contributed by atoms with Gasteiger partial charge in [0.2, 0.25) is 0 Å². The summed E-state index contributed by atoms with van der Waals surface area (Å²) in [6.07, 6.45) is 10.1. The lowest BCUT2D eigenvalue weighted by Crippen LogP contribution is -2.42. The van der Waals surface area contributed by atoms with E-state index in [-0.39, 0.29) is 5.91 Å². The van der Waals surface area contributed by atoms with Crippen LogP contribution >= 0.6 is 0 Å². The number of likely N-dealkylation sites (tertiary alicyclic amines) is 1. The highest BCUT2D eigenvalue weighted by atomic mass is 16.2. The van der Waals surface area contributed by atoms with Crippen molar-refractivity contribution in [3.05, 3.63) is 35.4 Å². The third-order valence-electron chi connectivity index (χ3n) is 6.57. The van der Waals surface area contributed by atoms with Crippen molar-refractivity contribution in [3.8, 4) is 0 Å². The molecule has 1 heterocycles. The Bertz CT molecular complexity index is 656. The Hall–Kier alpha value is -2.04. The molecule has 1 saturated heterocycles. The van der Waals surface area contributed by atoms with Gasteiger partial charge in [-0.1, -0.05) is 31.9 Å². The first-order chi connectivity index (χ1) is 13.7. The van der Waals surface area contributed by atoms with Crippen LogP contribution in [-0.4, -0.2) is 43.4 Å².